The number of benzene rings is 1. The Bertz CT molecular complexity index is 1010. The molecule has 1 aromatic carbocycles. The largest absolute Gasteiger partial charge is 0.444 e. The number of aromatic nitrogens is 2. The number of nitrogens with zero attached hydrogens (tertiary/aromatic N) is 1. The first-order valence-corrected chi connectivity index (χ1v) is 9.42. The van der Waals surface area contributed by atoms with Gasteiger partial charge in [-0.05, 0) is 46.2 Å². The van der Waals surface area contributed by atoms with Crippen LogP contribution in [0.15, 0.2) is 35.0 Å². The third-order valence-corrected chi connectivity index (χ3v) is 4.39. The summed E-state index contributed by atoms with van der Waals surface area (Å²) < 4.78 is 10.4. The van der Waals surface area contributed by atoms with Gasteiger partial charge in [-0.3, -0.25) is 4.79 Å². The van der Waals surface area contributed by atoms with Crippen LogP contribution in [0.1, 0.15) is 37.8 Å². The van der Waals surface area contributed by atoms with Gasteiger partial charge in [0.15, 0.2) is 5.76 Å². The Hall–Kier alpha value is -3.29. The molecule has 2 aromatic heterocycles. The van der Waals surface area contributed by atoms with E-state index in [1.165, 1.54) is 0 Å². The van der Waals surface area contributed by atoms with Crippen LogP contribution < -0.4 is 10.6 Å². The number of H-pyrrole nitrogens is 1. The molecule has 3 rings (SSSR count). The molecule has 3 N–H and O–H groups in total. The fourth-order valence-corrected chi connectivity index (χ4v) is 3.05. The summed E-state index contributed by atoms with van der Waals surface area (Å²) in [7, 11) is 0. The lowest BCUT2D eigenvalue weighted by atomic mass is 10.0. The maximum atomic E-state index is 13.0. The minimum atomic E-state index is -0.849. The number of anilines is 1. The highest BCUT2D eigenvalue weighted by atomic mass is 16.6. The molecule has 0 spiro atoms. The number of alkyl carbamates (subject to hydrolysis) is 1. The summed E-state index contributed by atoms with van der Waals surface area (Å²) in [6.07, 6.45) is 1.48. The second kappa shape index (κ2) is 7.98. The van der Waals surface area contributed by atoms with Gasteiger partial charge in [0.05, 0.1) is 0 Å². The van der Waals surface area contributed by atoms with Gasteiger partial charge < -0.3 is 24.9 Å². The summed E-state index contributed by atoms with van der Waals surface area (Å²) in [6, 6.07) is 6.94. The normalized spacial score (nSPS) is 12.6. The minimum Gasteiger partial charge on any atom is -0.444 e. The van der Waals surface area contributed by atoms with Crippen molar-refractivity contribution < 1.29 is 18.8 Å². The number of aromatic amines is 1. The molecule has 0 aliphatic rings. The Morgan fingerprint density at radius 2 is 1.97 bits per heavy atom. The van der Waals surface area contributed by atoms with E-state index < -0.39 is 17.7 Å². The Balaban J connectivity index is 1.84. The number of hydrogen-bond donors (Lipinski definition) is 3. The zero-order chi connectivity index (χ0) is 21.2. The first-order chi connectivity index (χ1) is 13.6. The van der Waals surface area contributed by atoms with E-state index in [9.17, 15) is 9.59 Å². The quantitative estimate of drug-likeness (QED) is 0.605. The van der Waals surface area contributed by atoms with Crippen molar-refractivity contribution in [3.8, 4) is 0 Å². The molecular weight excluding hydrogens is 372 g/mol. The summed E-state index contributed by atoms with van der Waals surface area (Å²) in [5, 5.41) is 10.3. The number of rotatable bonds is 5. The third kappa shape index (κ3) is 4.96. The van der Waals surface area contributed by atoms with Crippen LogP contribution in [-0.2, 0) is 16.0 Å². The summed E-state index contributed by atoms with van der Waals surface area (Å²) >= 11 is 0. The van der Waals surface area contributed by atoms with Crippen LogP contribution >= 0.6 is 0 Å². The lowest BCUT2D eigenvalue weighted by molar-refractivity contribution is -0.118. The van der Waals surface area contributed by atoms with Crippen LogP contribution in [0.3, 0.4) is 0 Å². The maximum absolute atomic E-state index is 13.0. The average molecular weight is 398 g/mol. The molecule has 0 aliphatic carbocycles. The van der Waals surface area contributed by atoms with E-state index in [4.69, 9.17) is 9.26 Å². The number of amides is 2. The molecule has 0 saturated heterocycles. The van der Waals surface area contributed by atoms with E-state index in [-0.39, 0.29) is 5.91 Å². The molecule has 8 heteroatoms. The molecule has 154 valence electrons. The van der Waals surface area contributed by atoms with Crippen molar-refractivity contribution in [1.82, 2.24) is 15.5 Å². The second-order valence-electron chi connectivity index (χ2n) is 7.95. The minimum absolute atomic E-state index is 0.290. The number of fused-ring (bicyclic) bond motifs is 1. The lowest BCUT2D eigenvalue weighted by Crippen LogP contribution is -2.47. The first-order valence-electron chi connectivity index (χ1n) is 9.42. The van der Waals surface area contributed by atoms with E-state index in [1.807, 2.05) is 30.5 Å². The number of carbonyl (C=O) groups is 2. The highest BCUT2D eigenvalue weighted by Gasteiger charge is 2.27. The summed E-state index contributed by atoms with van der Waals surface area (Å²) in [4.78, 5) is 28.6. The fourth-order valence-electron chi connectivity index (χ4n) is 3.05. The van der Waals surface area contributed by atoms with Crippen LogP contribution in [0.25, 0.3) is 10.9 Å². The summed E-state index contributed by atoms with van der Waals surface area (Å²) in [5.74, 6) is 0.120. The van der Waals surface area contributed by atoms with E-state index in [0.717, 1.165) is 16.5 Å². The molecular formula is C21H26N4O4. The zero-order valence-electron chi connectivity index (χ0n) is 17.3. The van der Waals surface area contributed by atoms with Gasteiger partial charge in [-0.2, -0.15) is 0 Å². The Kier molecular flexibility index (Phi) is 5.63. The van der Waals surface area contributed by atoms with Crippen LogP contribution in [0, 0.1) is 13.8 Å². The number of para-hydroxylation sites is 1. The van der Waals surface area contributed by atoms with Crippen molar-refractivity contribution in [2.45, 2.75) is 52.7 Å². The van der Waals surface area contributed by atoms with E-state index in [2.05, 4.69) is 20.8 Å². The lowest BCUT2D eigenvalue weighted by Gasteiger charge is -2.23. The molecule has 3 aromatic rings. The SMILES string of the molecule is Cc1noc(C)c1NC(=O)[C@H](Cc1c[nH]c2ccccc12)NC(=O)OC(C)(C)C. The number of ether oxygens (including phenoxy) is 1. The van der Waals surface area contributed by atoms with Crippen molar-refractivity contribution in [2.75, 3.05) is 5.32 Å². The Labute approximate surface area is 169 Å². The number of hydrogen-bond acceptors (Lipinski definition) is 5. The summed E-state index contributed by atoms with van der Waals surface area (Å²) in [6.45, 7) is 8.76. The average Bonchev–Trinajstić information content (AvgIpc) is 3.18. The van der Waals surface area contributed by atoms with E-state index in [0.29, 0.717) is 23.6 Å². The molecule has 0 radical (unpaired) electrons. The van der Waals surface area contributed by atoms with Gasteiger partial charge in [0, 0.05) is 23.5 Å². The molecule has 2 heterocycles. The van der Waals surface area contributed by atoms with Crippen molar-refractivity contribution in [1.29, 1.82) is 0 Å². The van der Waals surface area contributed by atoms with Gasteiger partial charge >= 0.3 is 6.09 Å². The van der Waals surface area contributed by atoms with Crippen LogP contribution in [0.5, 0.6) is 0 Å². The molecule has 2 amide bonds. The zero-order valence-corrected chi connectivity index (χ0v) is 17.3. The van der Waals surface area contributed by atoms with Crippen LogP contribution in [0.4, 0.5) is 10.5 Å². The maximum Gasteiger partial charge on any atom is 0.408 e. The van der Waals surface area contributed by atoms with Crippen molar-refractivity contribution in [3.05, 3.63) is 47.5 Å². The van der Waals surface area contributed by atoms with Crippen molar-refractivity contribution in [3.63, 3.8) is 0 Å². The Morgan fingerprint density at radius 1 is 1.24 bits per heavy atom. The highest BCUT2D eigenvalue weighted by Crippen LogP contribution is 2.22. The predicted molar refractivity (Wildman–Crippen MR) is 110 cm³/mol. The van der Waals surface area contributed by atoms with Crippen LogP contribution in [0.2, 0.25) is 0 Å². The molecule has 0 unspecified atom stereocenters. The standard InChI is InChI=1S/C21H26N4O4/c1-12-18(13(2)29-25-12)24-19(26)17(23-20(27)28-21(3,4)5)10-14-11-22-16-9-7-6-8-15(14)16/h6-9,11,17,22H,10H2,1-5H3,(H,23,27)(H,24,26)/t17-/m0/s1. The van der Waals surface area contributed by atoms with Gasteiger partial charge in [0.2, 0.25) is 5.91 Å². The third-order valence-electron chi connectivity index (χ3n) is 4.39. The molecule has 0 bridgehead atoms. The van der Waals surface area contributed by atoms with E-state index in [1.54, 1.807) is 34.6 Å². The second-order valence-corrected chi connectivity index (χ2v) is 7.95. The monoisotopic (exact) mass is 398 g/mol. The number of carbonyl (C=O) groups excluding carboxylic acids is 2. The van der Waals surface area contributed by atoms with Crippen LogP contribution in [-0.4, -0.2) is 33.8 Å². The first kappa shape index (κ1) is 20.4. The topological polar surface area (TPSA) is 109 Å². The Morgan fingerprint density at radius 3 is 2.62 bits per heavy atom. The predicted octanol–water partition coefficient (Wildman–Crippen LogP) is 3.85. The van der Waals surface area contributed by atoms with Gasteiger partial charge in [-0.25, -0.2) is 4.79 Å². The fraction of sp³-hybridized carbons (Fsp3) is 0.381. The van der Waals surface area contributed by atoms with Gasteiger partial charge in [-0.1, -0.05) is 23.4 Å². The van der Waals surface area contributed by atoms with Gasteiger partial charge in [0.25, 0.3) is 0 Å². The summed E-state index contributed by atoms with van der Waals surface area (Å²) in [5.41, 5.74) is 2.28. The smallest absolute Gasteiger partial charge is 0.408 e. The molecule has 8 nitrogen and oxygen atoms in total. The molecule has 0 saturated carbocycles. The van der Waals surface area contributed by atoms with Gasteiger partial charge in [-0.15, -0.1) is 0 Å². The molecule has 29 heavy (non-hydrogen) atoms. The number of nitrogens with one attached hydrogen (secondary N) is 3. The van der Waals surface area contributed by atoms with Gasteiger partial charge in [0.1, 0.15) is 23.0 Å². The molecule has 0 fully saturated rings. The molecule has 1 atom stereocenters. The van der Waals surface area contributed by atoms with Crippen molar-refractivity contribution >= 4 is 28.6 Å². The molecule has 0 aliphatic heterocycles. The van der Waals surface area contributed by atoms with Crippen molar-refractivity contribution in [2.24, 2.45) is 0 Å². The highest BCUT2D eigenvalue weighted by molar-refractivity contribution is 5.98. The number of aryl methyl sites for hydroxylation is 2. The van der Waals surface area contributed by atoms with E-state index >= 15 is 0 Å².